The van der Waals surface area contributed by atoms with Gasteiger partial charge in [-0.05, 0) is 37.6 Å². The molecule has 0 amide bonds. The molecule has 0 aliphatic heterocycles. The van der Waals surface area contributed by atoms with E-state index in [-0.39, 0.29) is 0 Å². The van der Waals surface area contributed by atoms with Crippen molar-refractivity contribution in [1.82, 2.24) is 15.2 Å². The van der Waals surface area contributed by atoms with Gasteiger partial charge in [0.25, 0.3) is 0 Å². The van der Waals surface area contributed by atoms with Crippen LogP contribution in [0.5, 0.6) is 11.5 Å². The van der Waals surface area contributed by atoms with Crippen molar-refractivity contribution in [3.8, 4) is 22.9 Å². The zero-order valence-corrected chi connectivity index (χ0v) is 12.5. The minimum Gasteiger partial charge on any atom is -0.497 e. The van der Waals surface area contributed by atoms with Gasteiger partial charge in [-0.15, -0.1) is 0 Å². The van der Waals surface area contributed by atoms with Crippen molar-refractivity contribution >= 4 is 10.9 Å². The number of nitrogens with zero attached hydrogens (tertiary/aromatic N) is 2. The van der Waals surface area contributed by atoms with Gasteiger partial charge in [0.15, 0.2) is 0 Å². The molecule has 0 radical (unpaired) electrons. The Bertz CT molecular complexity index is 809. The van der Waals surface area contributed by atoms with E-state index in [0.717, 1.165) is 39.3 Å². The molecule has 0 spiro atoms. The Morgan fingerprint density at radius 3 is 2.38 bits per heavy atom. The highest BCUT2D eigenvalue weighted by Gasteiger charge is 2.12. The fraction of sp³-hybridized carbons (Fsp3) is 0.250. The van der Waals surface area contributed by atoms with Crippen LogP contribution in [0.1, 0.15) is 11.3 Å². The van der Waals surface area contributed by atoms with Gasteiger partial charge in [-0.25, -0.2) is 4.98 Å². The second-order valence-electron chi connectivity index (χ2n) is 4.99. The Morgan fingerprint density at radius 1 is 0.952 bits per heavy atom. The highest BCUT2D eigenvalue weighted by molar-refractivity contribution is 5.90. The first-order chi connectivity index (χ1) is 10.1. The summed E-state index contributed by atoms with van der Waals surface area (Å²) in [6, 6.07) is 7.81. The first kappa shape index (κ1) is 13.4. The van der Waals surface area contributed by atoms with Gasteiger partial charge in [0.2, 0.25) is 0 Å². The number of benzene rings is 1. The number of hydrogen-bond donors (Lipinski definition) is 1. The predicted molar refractivity (Wildman–Crippen MR) is 81.9 cm³/mol. The molecule has 3 rings (SSSR count). The van der Waals surface area contributed by atoms with E-state index >= 15 is 0 Å². The van der Waals surface area contributed by atoms with Crippen LogP contribution in [0.3, 0.4) is 0 Å². The van der Waals surface area contributed by atoms with Crippen LogP contribution in [0.25, 0.3) is 22.3 Å². The zero-order chi connectivity index (χ0) is 15.0. The molecule has 0 bridgehead atoms. The molecule has 108 valence electrons. The third-order valence-electron chi connectivity index (χ3n) is 3.48. The van der Waals surface area contributed by atoms with E-state index in [2.05, 4.69) is 10.2 Å². The summed E-state index contributed by atoms with van der Waals surface area (Å²) in [5, 5.41) is 8.23. The molecule has 0 atom stereocenters. The minimum atomic E-state index is 0.696. The average molecular weight is 283 g/mol. The van der Waals surface area contributed by atoms with Crippen molar-refractivity contribution < 1.29 is 9.47 Å². The summed E-state index contributed by atoms with van der Waals surface area (Å²) in [5.41, 5.74) is 4.58. The van der Waals surface area contributed by atoms with E-state index in [0.29, 0.717) is 5.75 Å². The fourth-order valence-corrected chi connectivity index (χ4v) is 2.39. The lowest BCUT2D eigenvalue weighted by molar-refractivity contribution is 0.397. The normalized spacial score (nSPS) is 10.9. The molecule has 1 aromatic carbocycles. The topological polar surface area (TPSA) is 60.0 Å². The molecule has 21 heavy (non-hydrogen) atoms. The first-order valence-corrected chi connectivity index (χ1v) is 6.68. The maximum Gasteiger partial charge on any atom is 0.148 e. The summed E-state index contributed by atoms with van der Waals surface area (Å²) in [7, 11) is 3.28. The molecule has 5 heteroatoms. The number of aromatic amines is 1. The van der Waals surface area contributed by atoms with Gasteiger partial charge in [-0.1, -0.05) is 0 Å². The molecule has 5 nitrogen and oxygen atoms in total. The van der Waals surface area contributed by atoms with Crippen LogP contribution in [-0.2, 0) is 0 Å². The number of H-pyrrole nitrogens is 1. The standard InChI is InChI=1S/C16H17N3O2/c1-9-5-13(14-6-10(2)18-19-14)17-16-12(9)7-11(20-3)8-15(16)21-4/h5-8H,1-4H3,(H,18,19). The number of aromatic nitrogens is 3. The van der Waals surface area contributed by atoms with Gasteiger partial charge in [0.05, 0.1) is 19.9 Å². The number of nitrogens with one attached hydrogen (secondary N) is 1. The Labute approximate surface area is 122 Å². The molecule has 0 saturated heterocycles. The molecule has 2 heterocycles. The summed E-state index contributed by atoms with van der Waals surface area (Å²) in [4.78, 5) is 4.70. The van der Waals surface area contributed by atoms with Crippen molar-refractivity contribution in [2.75, 3.05) is 14.2 Å². The predicted octanol–water partition coefficient (Wildman–Crippen LogP) is 3.26. The summed E-state index contributed by atoms with van der Waals surface area (Å²) in [6.45, 7) is 4.02. The number of hydrogen-bond acceptors (Lipinski definition) is 4. The van der Waals surface area contributed by atoms with Crippen molar-refractivity contribution in [2.24, 2.45) is 0 Å². The van der Waals surface area contributed by atoms with Gasteiger partial charge in [-0.2, -0.15) is 5.10 Å². The highest BCUT2D eigenvalue weighted by atomic mass is 16.5. The summed E-state index contributed by atoms with van der Waals surface area (Å²) in [6.07, 6.45) is 0. The van der Waals surface area contributed by atoms with Crippen LogP contribution >= 0.6 is 0 Å². The van der Waals surface area contributed by atoms with Gasteiger partial charge in [0.1, 0.15) is 22.7 Å². The molecular formula is C16H17N3O2. The number of aryl methyl sites for hydroxylation is 2. The number of pyridine rings is 1. The van der Waals surface area contributed by atoms with E-state index in [1.54, 1.807) is 14.2 Å². The van der Waals surface area contributed by atoms with Crippen molar-refractivity contribution in [1.29, 1.82) is 0 Å². The van der Waals surface area contributed by atoms with E-state index < -0.39 is 0 Å². The van der Waals surface area contributed by atoms with Crippen LogP contribution < -0.4 is 9.47 Å². The molecule has 1 N–H and O–H groups in total. The van der Waals surface area contributed by atoms with E-state index in [4.69, 9.17) is 14.5 Å². The van der Waals surface area contributed by atoms with Crippen molar-refractivity contribution in [3.05, 3.63) is 35.5 Å². The molecule has 0 aliphatic carbocycles. The minimum absolute atomic E-state index is 0.696. The number of rotatable bonds is 3. The summed E-state index contributed by atoms with van der Waals surface area (Å²) in [5.74, 6) is 1.45. The quantitative estimate of drug-likeness (QED) is 0.801. The summed E-state index contributed by atoms with van der Waals surface area (Å²) < 4.78 is 10.8. The average Bonchev–Trinajstić information content (AvgIpc) is 2.92. The number of ether oxygens (including phenoxy) is 2. The Morgan fingerprint density at radius 2 is 1.76 bits per heavy atom. The second-order valence-corrected chi connectivity index (χ2v) is 4.99. The van der Waals surface area contributed by atoms with Gasteiger partial charge in [-0.3, -0.25) is 5.10 Å². The molecule has 2 aromatic heterocycles. The van der Waals surface area contributed by atoms with Crippen LogP contribution in [0.2, 0.25) is 0 Å². The maximum atomic E-state index is 5.45. The lowest BCUT2D eigenvalue weighted by Crippen LogP contribution is -1.94. The fourth-order valence-electron chi connectivity index (χ4n) is 2.39. The molecule has 0 saturated carbocycles. The molecule has 0 fully saturated rings. The molecule has 3 aromatic rings. The monoisotopic (exact) mass is 283 g/mol. The smallest absolute Gasteiger partial charge is 0.148 e. The third-order valence-corrected chi connectivity index (χ3v) is 3.48. The van der Waals surface area contributed by atoms with Crippen molar-refractivity contribution in [3.63, 3.8) is 0 Å². The Balaban J connectivity index is 2.27. The third kappa shape index (κ3) is 2.31. The molecular weight excluding hydrogens is 266 g/mol. The highest BCUT2D eigenvalue weighted by Crippen LogP contribution is 2.33. The zero-order valence-electron chi connectivity index (χ0n) is 12.5. The largest absolute Gasteiger partial charge is 0.497 e. The maximum absolute atomic E-state index is 5.45. The number of methoxy groups -OCH3 is 2. The lowest BCUT2D eigenvalue weighted by Gasteiger charge is -2.11. The Kier molecular flexibility index (Phi) is 3.25. The van der Waals surface area contributed by atoms with Crippen LogP contribution in [0.15, 0.2) is 24.3 Å². The van der Waals surface area contributed by atoms with Gasteiger partial charge < -0.3 is 9.47 Å². The molecule has 0 aliphatic rings. The van der Waals surface area contributed by atoms with Crippen molar-refractivity contribution in [2.45, 2.75) is 13.8 Å². The van der Waals surface area contributed by atoms with Gasteiger partial charge in [0, 0.05) is 17.1 Å². The van der Waals surface area contributed by atoms with Crippen LogP contribution in [0, 0.1) is 13.8 Å². The van der Waals surface area contributed by atoms with Crippen LogP contribution in [-0.4, -0.2) is 29.4 Å². The second kappa shape index (κ2) is 5.09. The van der Waals surface area contributed by atoms with E-state index in [1.807, 2.05) is 38.1 Å². The van der Waals surface area contributed by atoms with E-state index in [1.165, 1.54) is 0 Å². The first-order valence-electron chi connectivity index (χ1n) is 6.68. The number of fused-ring (bicyclic) bond motifs is 1. The van der Waals surface area contributed by atoms with Crippen LogP contribution in [0.4, 0.5) is 0 Å². The molecule has 0 unspecified atom stereocenters. The Hall–Kier alpha value is -2.56. The van der Waals surface area contributed by atoms with E-state index in [9.17, 15) is 0 Å². The van der Waals surface area contributed by atoms with Gasteiger partial charge >= 0.3 is 0 Å². The summed E-state index contributed by atoms with van der Waals surface area (Å²) >= 11 is 0. The SMILES string of the molecule is COc1cc(OC)c2nc(-c3cc(C)[nH]n3)cc(C)c2c1. The lowest BCUT2D eigenvalue weighted by atomic mass is 10.1.